The van der Waals surface area contributed by atoms with Crippen molar-refractivity contribution in [1.29, 1.82) is 0 Å². The molecule has 0 spiro atoms. The van der Waals surface area contributed by atoms with E-state index in [2.05, 4.69) is 4.98 Å². The fourth-order valence-electron chi connectivity index (χ4n) is 3.66. The van der Waals surface area contributed by atoms with Crippen molar-refractivity contribution in [2.45, 2.75) is 12.3 Å². The molecule has 0 N–H and O–H groups in total. The Bertz CT molecular complexity index is 1200. The Kier molecular flexibility index (Phi) is 4.33. The number of rotatable bonds is 2. The average Bonchev–Trinajstić information content (AvgIpc) is 3.20. The smallest absolute Gasteiger partial charge is 0.332 e. The first-order valence-electron chi connectivity index (χ1n) is 8.98. The molecule has 2 aromatic heterocycles. The van der Waals surface area contributed by atoms with Gasteiger partial charge in [0.2, 0.25) is 0 Å². The number of hydrogen-bond acceptors (Lipinski definition) is 4. The van der Waals surface area contributed by atoms with Crippen LogP contribution in [0.3, 0.4) is 0 Å². The fourth-order valence-corrected chi connectivity index (χ4v) is 3.66. The van der Waals surface area contributed by atoms with Crippen LogP contribution in [0.4, 0.5) is 4.39 Å². The maximum absolute atomic E-state index is 13.1. The van der Waals surface area contributed by atoms with Gasteiger partial charge in [-0.3, -0.25) is 18.7 Å². The Hall–Kier alpha value is -3.29. The number of aryl methyl sites for hydroxylation is 1. The molecular formula is C20H19FN4O3. The van der Waals surface area contributed by atoms with Gasteiger partial charge in [0.05, 0.1) is 5.39 Å². The first-order chi connectivity index (χ1) is 13.4. The third kappa shape index (κ3) is 2.90. The zero-order valence-corrected chi connectivity index (χ0v) is 15.6. The summed E-state index contributed by atoms with van der Waals surface area (Å²) in [6, 6.07) is 8.96. The van der Waals surface area contributed by atoms with E-state index in [4.69, 9.17) is 0 Å². The summed E-state index contributed by atoms with van der Waals surface area (Å²) in [6.07, 6.45) is 0.726. The van der Waals surface area contributed by atoms with Crippen LogP contribution in [-0.2, 0) is 14.1 Å². The second-order valence-electron chi connectivity index (χ2n) is 7.06. The normalized spacial score (nSPS) is 16.7. The maximum Gasteiger partial charge on any atom is 0.332 e. The molecule has 8 heteroatoms. The van der Waals surface area contributed by atoms with Crippen LogP contribution in [0.25, 0.3) is 11.0 Å². The lowest BCUT2D eigenvalue weighted by Crippen LogP contribution is -2.37. The highest BCUT2D eigenvalue weighted by Crippen LogP contribution is 2.27. The van der Waals surface area contributed by atoms with Gasteiger partial charge in [0.25, 0.3) is 11.5 Å². The highest BCUT2D eigenvalue weighted by atomic mass is 19.1. The number of hydrogen-bond donors (Lipinski definition) is 0. The van der Waals surface area contributed by atoms with Crippen LogP contribution in [0.2, 0.25) is 0 Å². The summed E-state index contributed by atoms with van der Waals surface area (Å²) in [6.45, 7) is 1.05. The van der Waals surface area contributed by atoms with Crippen LogP contribution in [0.15, 0.2) is 46.0 Å². The van der Waals surface area contributed by atoms with Crippen LogP contribution in [0.5, 0.6) is 0 Å². The average molecular weight is 382 g/mol. The van der Waals surface area contributed by atoms with Crippen LogP contribution in [0, 0.1) is 5.82 Å². The Morgan fingerprint density at radius 3 is 2.50 bits per heavy atom. The summed E-state index contributed by atoms with van der Waals surface area (Å²) in [4.78, 5) is 43.3. The third-order valence-electron chi connectivity index (χ3n) is 5.31. The molecule has 1 saturated heterocycles. The number of benzene rings is 1. The van der Waals surface area contributed by atoms with Gasteiger partial charge < -0.3 is 4.90 Å². The van der Waals surface area contributed by atoms with Gasteiger partial charge in [-0.2, -0.15) is 0 Å². The second-order valence-corrected chi connectivity index (χ2v) is 7.06. The first kappa shape index (κ1) is 18.1. The lowest BCUT2D eigenvalue weighted by atomic mass is 10.0. The Morgan fingerprint density at radius 1 is 1.07 bits per heavy atom. The molecule has 1 atom stereocenters. The van der Waals surface area contributed by atoms with E-state index in [0.29, 0.717) is 29.7 Å². The molecule has 28 heavy (non-hydrogen) atoms. The molecule has 3 aromatic rings. The van der Waals surface area contributed by atoms with Gasteiger partial charge in [0.15, 0.2) is 0 Å². The van der Waals surface area contributed by atoms with Gasteiger partial charge in [-0.1, -0.05) is 0 Å². The molecule has 0 bridgehead atoms. The largest absolute Gasteiger partial charge is 0.338 e. The van der Waals surface area contributed by atoms with E-state index in [9.17, 15) is 18.8 Å². The SMILES string of the molecule is Cn1c(=O)c2ccc(C3CCN(C(=O)c4ccc(F)cc4)C3)nc2n(C)c1=O. The van der Waals surface area contributed by atoms with E-state index in [1.807, 2.05) is 0 Å². The van der Waals surface area contributed by atoms with E-state index in [1.54, 1.807) is 24.1 Å². The molecule has 4 rings (SSSR count). The molecule has 0 radical (unpaired) electrons. The molecular weight excluding hydrogens is 363 g/mol. The van der Waals surface area contributed by atoms with Crippen LogP contribution < -0.4 is 11.2 Å². The molecule has 1 aromatic carbocycles. The van der Waals surface area contributed by atoms with E-state index < -0.39 is 5.69 Å². The summed E-state index contributed by atoms with van der Waals surface area (Å²) in [5.41, 5.74) is 0.719. The molecule has 1 unspecified atom stereocenters. The van der Waals surface area contributed by atoms with Gasteiger partial charge in [-0.15, -0.1) is 0 Å². The molecule has 1 aliphatic rings. The highest BCUT2D eigenvalue weighted by Gasteiger charge is 2.29. The Balaban J connectivity index is 1.63. The first-order valence-corrected chi connectivity index (χ1v) is 8.98. The van der Waals surface area contributed by atoms with Gasteiger partial charge in [-0.25, -0.2) is 14.2 Å². The molecule has 0 aliphatic carbocycles. The second kappa shape index (κ2) is 6.70. The van der Waals surface area contributed by atoms with Crippen LogP contribution in [-0.4, -0.2) is 38.0 Å². The highest BCUT2D eigenvalue weighted by molar-refractivity contribution is 5.94. The van der Waals surface area contributed by atoms with Crippen LogP contribution in [0.1, 0.15) is 28.4 Å². The number of carbonyl (C=O) groups excluding carboxylic acids is 1. The summed E-state index contributed by atoms with van der Waals surface area (Å²) in [7, 11) is 3.02. The summed E-state index contributed by atoms with van der Waals surface area (Å²) < 4.78 is 15.5. The van der Waals surface area contributed by atoms with Crippen molar-refractivity contribution in [3.8, 4) is 0 Å². The number of likely N-dealkylation sites (tertiary alicyclic amines) is 1. The van der Waals surface area contributed by atoms with Gasteiger partial charge >= 0.3 is 5.69 Å². The number of carbonyl (C=O) groups is 1. The van der Waals surface area contributed by atoms with Crippen molar-refractivity contribution in [3.05, 3.63) is 74.3 Å². The number of halogens is 1. The van der Waals surface area contributed by atoms with Crippen molar-refractivity contribution < 1.29 is 9.18 Å². The van der Waals surface area contributed by atoms with Gasteiger partial charge in [-0.05, 0) is 42.8 Å². The predicted molar refractivity (Wildman–Crippen MR) is 102 cm³/mol. The van der Waals surface area contributed by atoms with Crippen molar-refractivity contribution in [2.75, 3.05) is 13.1 Å². The Labute approximate surface area is 159 Å². The fraction of sp³-hybridized carbons (Fsp3) is 0.300. The minimum atomic E-state index is -0.429. The Morgan fingerprint density at radius 2 is 1.79 bits per heavy atom. The molecule has 1 amide bonds. The van der Waals surface area contributed by atoms with Crippen molar-refractivity contribution in [3.63, 3.8) is 0 Å². The number of amides is 1. The third-order valence-corrected chi connectivity index (χ3v) is 5.31. The quantitative estimate of drug-likeness (QED) is 0.671. The van der Waals surface area contributed by atoms with E-state index >= 15 is 0 Å². The zero-order chi connectivity index (χ0) is 20.0. The summed E-state index contributed by atoms with van der Waals surface area (Å²) >= 11 is 0. The molecule has 1 fully saturated rings. The van der Waals surface area contributed by atoms with Gasteiger partial charge in [0, 0.05) is 44.4 Å². The monoisotopic (exact) mass is 382 g/mol. The molecule has 144 valence electrons. The summed E-state index contributed by atoms with van der Waals surface area (Å²) in [5.74, 6) is -0.523. The number of aromatic nitrogens is 3. The molecule has 1 aliphatic heterocycles. The van der Waals surface area contributed by atoms with E-state index in [-0.39, 0.29) is 23.2 Å². The minimum absolute atomic E-state index is 0.00737. The van der Waals surface area contributed by atoms with Crippen molar-refractivity contribution in [1.82, 2.24) is 19.0 Å². The zero-order valence-electron chi connectivity index (χ0n) is 15.6. The van der Waals surface area contributed by atoms with E-state index in [1.165, 1.54) is 35.9 Å². The van der Waals surface area contributed by atoms with Gasteiger partial charge in [0.1, 0.15) is 11.5 Å². The molecule has 3 heterocycles. The maximum atomic E-state index is 13.1. The molecule has 7 nitrogen and oxygen atoms in total. The lowest BCUT2D eigenvalue weighted by Gasteiger charge is -2.17. The predicted octanol–water partition coefficient (Wildman–Crippen LogP) is 1.40. The van der Waals surface area contributed by atoms with E-state index in [0.717, 1.165) is 16.7 Å². The topological polar surface area (TPSA) is 77.2 Å². The van der Waals surface area contributed by atoms with Crippen molar-refractivity contribution >= 4 is 16.9 Å². The standard InChI is InChI=1S/C20H19FN4O3/c1-23-17-15(19(27)24(2)20(23)28)7-8-16(22-17)13-9-10-25(11-13)18(26)12-3-5-14(21)6-4-12/h3-8,13H,9-11H2,1-2H3. The molecule has 0 saturated carbocycles. The van der Waals surface area contributed by atoms with Crippen LogP contribution >= 0.6 is 0 Å². The summed E-state index contributed by atoms with van der Waals surface area (Å²) in [5, 5.41) is 0.380. The lowest BCUT2D eigenvalue weighted by molar-refractivity contribution is 0.0790. The van der Waals surface area contributed by atoms with Crippen molar-refractivity contribution in [2.24, 2.45) is 14.1 Å². The number of pyridine rings is 1. The number of nitrogens with zero attached hydrogens (tertiary/aromatic N) is 4. The minimum Gasteiger partial charge on any atom is -0.338 e. The number of fused-ring (bicyclic) bond motifs is 1.